The zero-order valence-electron chi connectivity index (χ0n) is 10.8. The van der Waals surface area contributed by atoms with Crippen molar-refractivity contribution < 1.29 is 19.1 Å². The SMILES string of the molecule is O=C(O)CCCCCNC(=O)Nc1ccc(F)c(Cl)c1. The molecule has 0 aliphatic rings. The smallest absolute Gasteiger partial charge is 0.319 e. The molecule has 0 aliphatic carbocycles. The van der Waals surface area contributed by atoms with E-state index >= 15 is 0 Å². The lowest BCUT2D eigenvalue weighted by atomic mass is 10.2. The molecule has 0 radical (unpaired) electrons. The molecule has 0 heterocycles. The van der Waals surface area contributed by atoms with Crippen molar-refractivity contribution in [2.24, 2.45) is 0 Å². The van der Waals surface area contributed by atoms with Gasteiger partial charge in [0.05, 0.1) is 5.02 Å². The van der Waals surface area contributed by atoms with Crippen LogP contribution >= 0.6 is 11.6 Å². The van der Waals surface area contributed by atoms with Crippen LogP contribution in [0.1, 0.15) is 25.7 Å². The second-order valence-electron chi connectivity index (χ2n) is 4.21. The fraction of sp³-hybridized carbons (Fsp3) is 0.385. The minimum Gasteiger partial charge on any atom is -0.481 e. The maximum Gasteiger partial charge on any atom is 0.319 e. The molecule has 0 fully saturated rings. The molecule has 7 heteroatoms. The molecule has 5 nitrogen and oxygen atoms in total. The number of unbranched alkanes of at least 4 members (excludes halogenated alkanes) is 2. The van der Waals surface area contributed by atoms with Crippen molar-refractivity contribution in [3.8, 4) is 0 Å². The van der Waals surface area contributed by atoms with Crippen LogP contribution in [0.15, 0.2) is 18.2 Å². The summed E-state index contributed by atoms with van der Waals surface area (Å²) in [5.41, 5.74) is 0.403. The van der Waals surface area contributed by atoms with Crippen LogP contribution in [0.2, 0.25) is 5.02 Å². The van der Waals surface area contributed by atoms with Crippen molar-refractivity contribution in [3.05, 3.63) is 29.0 Å². The molecule has 0 aromatic heterocycles. The number of hydrogen-bond donors (Lipinski definition) is 3. The highest BCUT2D eigenvalue weighted by Gasteiger charge is 2.04. The van der Waals surface area contributed by atoms with Crippen molar-refractivity contribution >= 4 is 29.3 Å². The van der Waals surface area contributed by atoms with Gasteiger partial charge in [0, 0.05) is 18.7 Å². The highest BCUT2D eigenvalue weighted by Crippen LogP contribution is 2.19. The number of carboxylic acid groups (broad SMARTS) is 1. The van der Waals surface area contributed by atoms with Gasteiger partial charge in [0.1, 0.15) is 5.82 Å². The molecule has 20 heavy (non-hydrogen) atoms. The lowest BCUT2D eigenvalue weighted by Crippen LogP contribution is -2.29. The van der Waals surface area contributed by atoms with E-state index in [1.54, 1.807) is 0 Å². The Kier molecular flexibility index (Phi) is 6.79. The highest BCUT2D eigenvalue weighted by molar-refractivity contribution is 6.31. The van der Waals surface area contributed by atoms with Crippen LogP contribution in [-0.4, -0.2) is 23.7 Å². The summed E-state index contributed by atoms with van der Waals surface area (Å²) in [4.78, 5) is 21.8. The Labute approximate surface area is 121 Å². The van der Waals surface area contributed by atoms with E-state index in [2.05, 4.69) is 10.6 Å². The van der Waals surface area contributed by atoms with E-state index in [4.69, 9.17) is 16.7 Å². The van der Waals surface area contributed by atoms with Crippen molar-refractivity contribution in [1.82, 2.24) is 5.32 Å². The number of aliphatic carboxylic acids is 1. The Balaban J connectivity index is 2.20. The van der Waals surface area contributed by atoms with E-state index in [-0.39, 0.29) is 11.4 Å². The molecule has 3 N–H and O–H groups in total. The van der Waals surface area contributed by atoms with E-state index in [1.807, 2.05) is 0 Å². The molecular weight excluding hydrogens is 287 g/mol. The molecule has 0 unspecified atom stereocenters. The summed E-state index contributed by atoms with van der Waals surface area (Å²) in [5, 5.41) is 13.5. The van der Waals surface area contributed by atoms with Crippen molar-refractivity contribution in [3.63, 3.8) is 0 Å². The number of anilines is 1. The van der Waals surface area contributed by atoms with E-state index in [0.29, 0.717) is 25.1 Å². The van der Waals surface area contributed by atoms with Crippen LogP contribution in [0.4, 0.5) is 14.9 Å². The highest BCUT2D eigenvalue weighted by atomic mass is 35.5. The number of rotatable bonds is 7. The third-order valence-corrected chi connectivity index (χ3v) is 2.82. The molecule has 0 bridgehead atoms. The molecule has 0 atom stereocenters. The standard InChI is InChI=1S/C13H16ClFN2O3/c14-10-8-9(5-6-11(10)15)17-13(20)16-7-3-1-2-4-12(18)19/h5-6,8H,1-4,7H2,(H,18,19)(H2,16,17,20). The van der Waals surface area contributed by atoms with Gasteiger partial charge in [-0.3, -0.25) is 4.79 Å². The number of amides is 2. The van der Waals surface area contributed by atoms with Crippen molar-refractivity contribution in [1.29, 1.82) is 0 Å². The van der Waals surface area contributed by atoms with Gasteiger partial charge in [-0.05, 0) is 31.0 Å². The van der Waals surface area contributed by atoms with Gasteiger partial charge in [-0.1, -0.05) is 18.0 Å². The molecule has 0 saturated heterocycles. The molecule has 110 valence electrons. The van der Waals surface area contributed by atoms with Gasteiger partial charge in [-0.15, -0.1) is 0 Å². The maximum absolute atomic E-state index is 12.9. The summed E-state index contributed by atoms with van der Waals surface area (Å²) >= 11 is 5.59. The Hall–Kier alpha value is -1.82. The molecule has 2 amide bonds. The predicted molar refractivity (Wildman–Crippen MR) is 74.5 cm³/mol. The number of nitrogens with one attached hydrogen (secondary N) is 2. The quantitative estimate of drug-likeness (QED) is 0.677. The van der Waals surface area contributed by atoms with Crippen molar-refractivity contribution in [2.45, 2.75) is 25.7 Å². The van der Waals surface area contributed by atoms with Crippen LogP contribution in [0.5, 0.6) is 0 Å². The Bertz CT molecular complexity index is 483. The monoisotopic (exact) mass is 302 g/mol. The van der Waals surface area contributed by atoms with E-state index in [9.17, 15) is 14.0 Å². The summed E-state index contributed by atoms with van der Waals surface area (Å²) < 4.78 is 12.9. The number of hydrogen-bond acceptors (Lipinski definition) is 2. The first-order valence-corrected chi connectivity index (χ1v) is 6.58. The normalized spacial score (nSPS) is 10.1. The van der Waals surface area contributed by atoms with E-state index in [1.165, 1.54) is 18.2 Å². The lowest BCUT2D eigenvalue weighted by molar-refractivity contribution is -0.137. The van der Waals surface area contributed by atoms with Gasteiger partial charge < -0.3 is 15.7 Å². The van der Waals surface area contributed by atoms with Gasteiger partial charge in [0.15, 0.2) is 0 Å². The number of carbonyl (C=O) groups is 2. The average molecular weight is 303 g/mol. The van der Waals surface area contributed by atoms with Crippen molar-refractivity contribution in [2.75, 3.05) is 11.9 Å². The zero-order valence-corrected chi connectivity index (χ0v) is 11.5. The van der Waals surface area contributed by atoms with Gasteiger partial charge in [0.2, 0.25) is 0 Å². The fourth-order valence-electron chi connectivity index (χ4n) is 1.53. The van der Waals surface area contributed by atoms with Gasteiger partial charge >= 0.3 is 12.0 Å². The number of urea groups is 1. The third-order valence-electron chi connectivity index (χ3n) is 2.53. The summed E-state index contributed by atoms with van der Waals surface area (Å²) in [6.07, 6.45) is 2.16. The van der Waals surface area contributed by atoms with E-state index in [0.717, 1.165) is 6.42 Å². The maximum atomic E-state index is 12.9. The predicted octanol–water partition coefficient (Wildman–Crippen LogP) is 3.25. The fourth-order valence-corrected chi connectivity index (χ4v) is 1.71. The van der Waals surface area contributed by atoms with Gasteiger partial charge in [-0.2, -0.15) is 0 Å². The topological polar surface area (TPSA) is 78.4 Å². The Morgan fingerprint density at radius 2 is 2.00 bits per heavy atom. The second-order valence-corrected chi connectivity index (χ2v) is 4.62. The molecule has 1 aromatic carbocycles. The molecule has 0 aliphatic heterocycles. The summed E-state index contributed by atoms with van der Waals surface area (Å²) in [6, 6.07) is 3.49. The second kappa shape index (κ2) is 8.37. The average Bonchev–Trinajstić information content (AvgIpc) is 2.38. The summed E-state index contributed by atoms with van der Waals surface area (Å²) in [6.45, 7) is 0.445. The molecule has 0 saturated carbocycles. The number of carboxylic acids is 1. The first-order chi connectivity index (χ1) is 9.49. The largest absolute Gasteiger partial charge is 0.481 e. The number of halogens is 2. The lowest BCUT2D eigenvalue weighted by Gasteiger charge is -2.08. The van der Waals surface area contributed by atoms with Crippen LogP contribution in [0.3, 0.4) is 0 Å². The summed E-state index contributed by atoms with van der Waals surface area (Å²) in [5.74, 6) is -1.36. The van der Waals surface area contributed by atoms with Gasteiger partial charge in [-0.25, -0.2) is 9.18 Å². The van der Waals surface area contributed by atoms with Crippen LogP contribution < -0.4 is 10.6 Å². The van der Waals surface area contributed by atoms with Crippen LogP contribution in [0, 0.1) is 5.82 Å². The number of benzene rings is 1. The molecule has 1 aromatic rings. The Morgan fingerprint density at radius 1 is 1.25 bits per heavy atom. The molecular formula is C13H16ClFN2O3. The molecule has 0 spiro atoms. The summed E-state index contributed by atoms with van der Waals surface area (Å²) in [7, 11) is 0. The van der Waals surface area contributed by atoms with Crippen LogP contribution in [0.25, 0.3) is 0 Å². The first-order valence-electron chi connectivity index (χ1n) is 6.20. The number of carbonyl (C=O) groups excluding carboxylic acids is 1. The van der Waals surface area contributed by atoms with Crippen LogP contribution in [-0.2, 0) is 4.79 Å². The third kappa shape index (κ3) is 6.38. The van der Waals surface area contributed by atoms with Gasteiger partial charge in [0.25, 0.3) is 0 Å². The molecule has 1 rings (SSSR count). The van der Waals surface area contributed by atoms with E-state index < -0.39 is 17.8 Å². The zero-order chi connectivity index (χ0) is 15.0. The minimum atomic E-state index is -0.816. The first kappa shape index (κ1) is 16.2. The minimum absolute atomic E-state index is 0.0588. The Morgan fingerprint density at radius 3 is 2.65 bits per heavy atom.